The summed E-state index contributed by atoms with van der Waals surface area (Å²) in [5.74, 6) is 0. The van der Waals surface area contributed by atoms with Crippen LogP contribution in [0, 0.1) is 0 Å². The molecule has 0 bridgehead atoms. The summed E-state index contributed by atoms with van der Waals surface area (Å²) in [5.41, 5.74) is 4.91. The summed E-state index contributed by atoms with van der Waals surface area (Å²) in [4.78, 5) is 5.02. The van der Waals surface area contributed by atoms with Crippen LogP contribution >= 0.6 is 0 Å². The first-order valence-electron chi connectivity index (χ1n) is 7.94. The normalized spacial score (nSPS) is 17.4. The first-order chi connectivity index (χ1) is 10.0. The monoisotopic (exact) mass is 284 g/mol. The van der Waals surface area contributed by atoms with Crippen LogP contribution in [0.3, 0.4) is 0 Å². The zero-order valence-electron chi connectivity index (χ0n) is 13.9. The minimum Gasteiger partial charge on any atom is -0.369 e. The Morgan fingerprint density at radius 2 is 1.67 bits per heavy atom. The molecule has 0 N–H and O–H groups in total. The van der Waals surface area contributed by atoms with Crippen molar-refractivity contribution in [2.45, 2.75) is 33.7 Å². The topological polar surface area (TPSA) is 6.48 Å². The van der Waals surface area contributed by atoms with E-state index in [0.717, 1.165) is 31.8 Å². The van der Waals surface area contributed by atoms with Crippen LogP contribution in [0.15, 0.2) is 42.5 Å². The van der Waals surface area contributed by atoms with E-state index in [1.807, 2.05) is 0 Å². The first-order valence-corrected chi connectivity index (χ1v) is 7.94. The standard InChI is InChI=1S/C19H28N2/c1-6-16(4)17(5)18-7-9-19(10-8-18)21-13-11-20(12-14-21)15(2)3/h6-10,15H,5,11-14H2,1-4H3/b16-6+. The summed E-state index contributed by atoms with van der Waals surface area (Å²) < 4.78 is 0. The lowest BCUT2D eigenvalue weighted by Crippen LogP contribution is -2.48. The molecule has 1 fully saturated rings. The van der Waals surface area contributed by atoms with E-state index in [-0.39, 0.29) is 0 Å². The fraction of sp³-hybridized carbons (Fsp3) is 0.474. The van der Waals surface area contributed by atoms with Crippen molar-refractivity contribution in [3.63, 3.8) is 0 Å². The predicted octanol–water partition coefficient (Wildman–Crippen LogP) is 4.20. The third-order valence-corrected chi connectivity index (χ3v) is 4.53. The van der Waals surface area contributed by atoms with Crippen LogP contribution in [0.2, 0.25) is 0 Å². The van der Waals surface area contributed by atoms with Crippen molar-refractivity contribution in [1.82, 2.24) is 4.90 Å². The maximum absolute atomic E-state index is 4.18. The van der Waals surface area contributed by atoms with Gasteiger partial charge in [-0.2, -0.15) is 0 Å². The summed E-state index contributed by atoms with van der Waals surface area (Å²) in [6.07, 6.45) is 2.11. The van der Waals surface area contributed by atoms with Gasteiger partial charge in [-0.3, -0.25) is 4.90 Å². The summed E-state index contributed by atoms with van der Waals surface area (Å²) in [6, 6.07) is 9.50. The molecule has 2 nitrogen and oxygen atoms in total. The van der Waals surface area contributed by atoms with E-state index in [0.29, 0.717) is 6.04 Å². The lowest BCUT2D eigenvalue weighted by atomic mass is 10.0. The maximum Gasteiger partial charge on any atom is 0.0367 e. The predicted molar refractivity (Wildman–Crippen MR) is 93.8 cm³/mol. The molecule has 1 aliphatic rings. The molecule has 0 atom stereocenters. The van der Waals surface area contributed by atoms with E-state index in [4.69, 9.17) is 0 Å². The largest absolute Gasteiger partial charge is 0.369 e. The highest BCUT2D eigenvalue weighted by atomic mass is 15.3. The Balaban J connectivity index is 2.02. The van der Waals surface area contributed by atoms with Crippen molar-refractivity contribution < 1.29 is 0 Å². The fourth-order valence-electron chi connectivity index (χ4n) is 2.77. The highest BCUT2D eigenvalue weighted by Gasteiger charge is 2.18. The molecular weight excluding hydrogens is 256 g/mol. The van der Waals surface area contributed by atoms with Gasteiger partial charge in [-0.05, 0) is 56.5 Å². The Kier molecular flexibility index (Phi) is 5.24. The van der Waals surface area contributed by atoms with Crippen molar-refractivity contribution >= 4 is 11.3 Å². The van der Waals surface area contributed by atoms with Crippen molar-refractivity contribution in [2.75, 3.05) is 31.1 Å². The maximum atomic E-state index is 4.18. The Morgan fingerprint density at radius 3 is 2.14 bits per heavy atom. The highest BCUT2D eigenvalue weighted by molar-refractivity contribution is 5.77. The smallest absolute Gasteiger partial charge is 0.0367 e. The minimum absolute atomic E-state index is 0.654. The summed E-state index contributed by atoms with van der Waals surface area (Å²) in [5, 5.41) is 0. The number of benzene rings is 1. The quantitative estimate of drug-likeness (QED) is 0.765. The lowest BCUT2D eigenvalue weighted by Gasteiger charge is -2.38. The molecule has 1 aliphatic heterocycles. The minimum atomic E-state index is 0.654. The highest BCUT2D eigenvalue weighted by Crippen LogP contribution is 2.24. The van der Waals surface area contributed by atoms with Gasteiger partial charge >= 0.3 is 0 Å². The average molecular weight is 284 g/mol. The summed E-state index contributed by atoms with van der Waals surface area (Å²) >= 11 is 0. The van der Waals surface area contributed by atoms with E-state index >= 15 is 0 Å². The van der Waals surface area contributed by atoms with Crippen molar-refractivity contribution in [3.8, 4) is 0 Å². The van der Waals surface area contributed by atoms with Crippen LogP contribution in [0.25, 0.3) is 5.57 Å². The van der Waals surface area contributed by atoms with Crippen molar-refractivity contribution in [3.05, 3.63) is 48.1 Å². The SMILES string of the molecule is C=C(/C(C)=C/C)c1ccc(N2CCN(C(C)C)CC2)cc1. The van der Waals surface area contributed by atoms with Gasteiger partial charge in [0.15, 0.2) is 0 Å². The second-order valence-corrected chi connectivity index (χ2v) is 6.11. The molecule has 21 heavy (non-hydrogen) atoms. The Labute approximate surface area is 129 Å². The molecule has 0 radical (unpaired) electrons. The molecule has 0 saturated carbocycles. The summed E-state index contributed by atoms with van der Waals surface area (Å²) in [6.45, 7) is 17.5. The number of nitrogens with zero attached hydrogens (tertiary/aromatic N) is 2. The van der Waals surface area contributed by atoms with E-state index < -0.39 is 0 Å². The average Bonchev–Trinajstić information content (AvgIpc) is 2.53. The second-order valence-electron chi connectivity index (χ2n) is 6.11. The molecule has 2 rings (SSSR count). The molecule has 1 aromatic carbocycles. The molecule has 1 aromatic rings. The number of anilines is 1. The summed E-state index contributed by atoms with van der Waals surface area (Å²) in [7, 11) is 0. The van der Waals surface area contributed by atoms with E-state index in [1.165, 1.54) is 16.8 Å². The molecule has 1 heterocycles. The molecule has 0 aromatic heterocycles. The van der Waals surface area contributed by atoms with Gasteiger partial charge in [-0.25, -0.2) is 0 Å². The molecule has 0 unspecified atom stereocenters. The van der Waals surface area contributed by atoms with Gasteiger partial charge in [0.05, 0.1) is 0 Å². The molecule has 114 valence electrons. The number of hydrogen-bond donors (Lipinski definition) is 0. The molecule has 0 aliphatic carbocycles. The Hall–Kier alpha value is -1.54. The number of hydrogen-bond acceptors (Lipinski definition) is 2. The third kappa shape index (κ3) is 3.76. The van der Waals surface area contributed by atoms with E-state index in [1.54, 1.807) is 0 Å². The fourth-order valence-corrected chi connectivity index (χ4v) is 2.77. The zero-order valence-corrected chi connectivity index (χ0v) is 13.9. The lowest BCUT2D eigenvalue weighted by molar-refractivity contribution is 0.209. The van der Waals surface area contributed by atoms with Crippen LogP contribution in [0.5, 0.6) is 0 Å². The van der Waals surface area contributed by atoms with Gasteiger partial charge in [0.25, 0.3) is 0 Å². The molecule has 0 spiro atoms. The van der Waals surface area contributed by atoms with Gasteiger partial charge in [0, 0.05) is 37.9 Å². The second kappa shape index (κ2) is 6.95. The van der Waals surface area contributed by atoms with Gasteiger partial charge in [0.2, 0.25) is 0 Å². The number of allylic oxidation sites excluding steroid dienone is 3. The van der Waals surface area contributed by atoms with Gasteiger partial charge in [-0.1, -0.05) is 24.8 Å². The first kappa shape index (κ1) is 15.8. The third-order valence-electron chi connectivity index (χ3n) is 4.53. The Morgan fingerprint density at radius 1 is 1.10 bits per heavy atom. The van der Waals surface area contributed by atoms with Crippen LogP contribution in [0.4, 0.5) is 5.69 Å². The van der Waals surface area contributed by atoms with Crippen LogP contribution in [-0.2, 0) is 0 Å². The van der Waals surface area contributed by atoms with Gasteiger partial charge < -0.3 is 4.90 Å². The number of piperazine rings is 1. The Bertz CT molecular complexity index is 503. The van der Waals surface area contributed by atoms with Gasteiger partial charge in [-0.15, -0.1) is 0 Å². The molecule has 1 saturated heterocycles. The van der Waals surface area contributed by atoms with Crippen LogP contribution in [0.1, 0.15) is 33.3 Å². The van der Waals surface area contributed by atoms with Crippen molar-refractivity contribution in [1.29, 1.82) is 0 Å². The van der Waals surface area contributed by atoms with Gasteiger partial charge in [0.1, 0.15) is 0 Å². The van der Waals surface area contributed by atoms with Crippen LogP contribution < -0.4 is 4.90 Å². The van der Waals surface area contributed by atoms with E-state index in [9.17, 15) is 0 Å². The van der Waals surface area contributed by atoms with Crippen molar-refractivity contribution in [2.24, 2.45) is 0 Å². The van der Waals surface area contributed by atoms with Crippen LogP contribution in [-0.4, -0.2) is 37.1 Å². The molecule has 0 amide bonds. The van der Waals surface area contributed by atoms with E-state index in [2.05, 4.69) is 74.4 Å². The number of rotatable bonds is 4. The molecular formula is C19H28N2. The molecule has 2 heteroatoms. The zero-order chi connectivity index (χ0) is 15.4.